The van der Waals surface area contributed by atoms with Gasteiger partial charge in [-0.1, -0.05) is 35.5 Å². The van der Waals surface area contributed by atoms with Gasteiger partial charge >= 0.3 is 0 Å². The van der Waals surface area contributed by atoms with Gasteiger partial charge in [0.2, 0.25) is 17.4 Å². The number of oxime groups is 1. The van der Waals surface area contributed by atoms with Crippen LogP contribution in [0, 0.1) is 34.6 Å². The summed E-state index contributed by atoms with van der Waals surface area (Å²) in [6.07, 6.45) is 1.10. The van der Waals surface area contributed by atoms with Crippen LogP contribution in [0.25, 0.3) is 0 Å². The van der Waals surface area contributed by atoms with Gasteiger partial charge in [-0.2, -0.15) is 14.0 Å². The minimum atomic E-state index is -1.83. The normalized spacial score (nSPS) is 10.6. The second-order valence-corrected chi connectivity index (χ2v) is 3.81. The molecule has 0 fully saturated rings. The van der Waals surface area contributed by atoms with E-state index >= 15 is 0 Å². The number of hydrogen-bond acceptors (Lipinski definition) is 3. The fraction of sp³-hybridized carbons (Fsp3) is 0. The minimum Gasteiger partial charge on any atom is -0.350 e. The van der Waals surface area contributed by atoms with Crippen LogP contribution in [0.4, 0.5) is 17.6 Å². The number of rotatable bonds is 3. The summed E-state index contributed by atoms with van der Waals surface area (Å²) in [6, 6.07) is 9.39. The Morgan fingerprint density at radius 3 is 2.05 bits per heavy atom. The molecule has 21 heavy (non-hydrogen) atoms. The van der Waals surface area contributed by atoms with E-state index in [1.165, 1.54) is 0 Å². The van der Waals surface area contributed by atoms with Gasteiger partial charge < -0.3 is 4.84 Å². The maximum absolute atomic E-state index is 13.5. The Bertz CT molecular complexity index is 710. The number of nitriles is 1. The lowest BCUT2D eigenvalue weighted by molar-refractivity contribution is 0.287. The quantitative estimate of drug-likeness (QED) is 0.376. The molecule has 0 amide bonds. The highest BCUT2D eigenvalue weighted by atomic mass is 19.2. The Kier molecular flexibility index (Phi) is 4.18. The molecule has 3 nitrogen and oxygen atoms in total. The SMILES string of the molecule is N#Cc1c(F)c(F)c(O/N=C/c2ccccc2)c(F)c1F. The van der Waals surface area contributed by atoms with Crippen LogP contribution in [-0.2, 0) is 0 Å². The van der Waals surface area contributed by atoms with Crippen LogP contribution in [0.1, 0.15) is 11.1 Å². The van der Waals surface area contributed by atoms with Crippen LogP contribution in [0.15, 0.2) is 35.5 Å². The van der Waals surface area contributed by atoms with Crippen LogP contribution in [0.3, 0.4) is 0 Å². The first kappa shape index (κ1) is 14.5. The molecule has 0 aromatic heterocycles. The molecule has 0 N–H and O–H groups in total. The van der Waals surface area contributed by atoms with Gasteiger partial charge in [-0.05, 0) is 5.56 Å². The van der Waals surface area contributed by atoms with Crippen molar-refractivity contribution in [3.05, 3.63) is 64.7 Å². The average Bonchev–Trinajstić information content (AvgIpc) is 2.50. The summed E-state index contributed by atoms with van der Waals surface area (Å²) < 4.78 is 53.6. The lowest BCUT2D eigenvalue weighted by Crippen LogP contribution is -2.04. The van der Waals surface area contributed by atoms with Gasteiger partial charge in [0.05, 0.1) is 6.21 Å². The molecule has 0 saturated heterocycles. The van der Waals surface area contributed by atoms with Gasteiger partial charge in [-0.3, -0.25) is 0 Å². The van der Waals surface area contributed by atoms with Gasteiger partial charge in [0, 0.05) is 0 Å². The molecule has 0 saturated carbocycles. The molecule has 0 unspecified atom stereocenters. The van der Waals surface area contributed by atoms with Gasteiger partial charge in [-0.15, -0.1) is 0 Å². The zero-order valence-corrected chi connectivity index (χ0v) is 10.3. The molecule has 0 heterocycles. The molecule has 0 atom stereocenters. The van der Waals surface area contributed by atoms with Crippen LogP contribution in [0.2, 0.25) is 0 Å². The highest BCUT2D eigenvalue weighted by Gasteiger charge is 2.27. The van der Waals surface area contributed by atoms with Crippen LogP contribution in [-0.4, -0.2) is 6.21 Å². The first-order valence-electron chi connectivity index (χ1n) is 5.57. The van der Waals surface area contributed by atoms with Crippen molar-refractivity contribution >= 4 is 6.21 Å². The molecule has 2 aromatic carbocycles. The molecule has 0 aliphatic rings. The fourth-order valence-electron chi connectivity index (χ4n) is 1.47. The zero-order chi connectivity index (χ0) is 15.4. The summed E-state index contributed by atoms with van der Waals surface area (Å²) in [5.41, 5.74) is -0.808. The van der Waals surface area contributed by atoms with E-state index in [9.17, 15) is 17.6 Å². The maximum atomic E-state index is 13.5. The maximum Gasteiger partial charge on any atom is 0.235 e. The second-order valence-electron chi connectivity index (χ2n) is 3.81. The van der Waals surface area contributed by atoms with Crippen molar-refractivity contribution < 1.29 is 22.4 Å². The van der Waals surface area contributed by atoms with E-state index in [1.807, 2.05) is 0 Å². The topological polar surface area (TPSA) is 45.4 Å². The molecule has 106 valence electrons. The number of benzene rings is 2. The van der Waals surface area contributed by atoms with Gasteiger partial charge in [0.1, 0.15) is 11.6 Å². The third kappa shape index (κ3) is 2.84. The Morgan fingerprint density at radius 1 is 0.952 bits per heavy atom. The highest BCUT2D eigenvalue weighted by molar-refractivity contribution is 5.78. The third-order valence-electron chi connectivity index (χ3n) is 2.48. The predicted octanol–water partition coefficient (Wildman–Crippen LogP) is 3.53. The summed E-state index contributed by atoms with van der Waals surface area (Å²) >= 11 is 0. The molecule has 0 radical (unpaired) electrons. The van der Waals surface area contributed by atoms with E-state index in [-0.39, 0.29) is 0 Å². The molecular formula is C14H6F4N2O. The van der Waals surface area contributed by atoms with Crippen molar-refractivity contribution in [3.63, 3.8) is 0 Å². The number of halogens is 4. The van der Waals surface area contributed by atoms with E-state index in [0.717, 1.165) is 12.3 Å². The van der Waals surface area contributed by atoms with E-state index < -0.39 is 34.6 Å². The van der Waals surface area contributed by atoms with E-state index in [4.69, 9.17) is 5.26 Å². The zero-order valence-electron chi connectivity index (χ0n) is 10.3. The van der Waals surface area contributed by atoms with Crippen LogP contribution in [0.5, 0.6) is 5.75 Å². The van der Waals surface area contributed by atoms with Gasteiger partial charge in [-0.25, -0.2) is 8.78 Å². The van der Waals surface area contributed by atoms with Crippen molar-refractivity contribution in [1.82, 2.24) is 0 Å². The van der Waals surface area contributed by atoms with Gasteiger partial charge in [0.25, 0.3) is 0 Å². The molecule has 0 aliphatic heterocycles. The first-order valence-corrected chi connectivity index (χ1v) is 5.57. The van der Waals surface area contributed by atoms with Crippen molar-refractivity contribution in [2.24, 2.45) is 5.16 Å². The molecule has 7 heteroatoms. The van der Waals surface area contributed by atoms with Crippen molar-refractivity contribution in [2.75, 3.05) is 0 Å². The fourth-order valence-corrected chi connectivity index (χ4v) is 1.47. The second kappa shape index (κ2) is 6.05. The molecule has 0 spiro atoms. The van der Waals surface area contributed by atoms with E-state index in [0.29, 0.717) is 5.56 Å². The standard InChI is InChI=1S/C14H6F4N2O/c15-10-9(6-19)11(16)13(18)14(12(10)17)21-20-7-8-4-2-1-3-5-8/h1-5,7H/b20-7+. The Morgan fingerprint density at radius 2 is 1.52 bits per heavy atom. The molecule has 0 aliphatic carbocycles. The third-order valence-corrected chi connectivity index (χ3v) is 2.48. The monoisotopic (exact) mass is 294 g/mol. The van der Waals surface area contributed by atoms with Crippen LogP contribution < -0.4 is 4.84 Å². The summed E-state index contributed by atoms with van der Waals surface area (Å²) in [4.78, 5) is 4.36. The molecular weight excluding hydrogens is 288 g/mol. The largest absolute Gasteiger partial charge is 0.350 e. The lowest BCUT2D eigenvalue weighted by atomic mass is 10.2. The summed E-state index contributed by atoms with van der Waals surface area (Å²) in [7, 11) is 0. The molecule has 2 rings (SSSR count). The predicted molar refractivity (Wildman–Crippen MR) is 65.7 cm³/mol. The van der Waals surface area contributed by atoms with E-state index in [2.05, 4.69) is 9.99 Å². The van der Waals surface area contributed by atoms with Crippen molar-refractivity contribution in [1.29, 1.82) is 5.26 Å². The average molecular weight is 294 g/mol. The minimum absolute atomic E-state index is 0.549. The Balaban J connectivity index is 2.34. The van der Waals surface area contributed by atoms with Crippen molar-refractivity contribution in [3.8, 4) is 11.8 Å². The van der Waals surface area contributed by atoms with E-state index in [1.54, 1.807) is 30.3 Å². The highest BCUT2D eigenvalue weighted by Crippen LogP contribution is 2.29. The summed E-state index contributed by atoms with van der Waals surface area (Å²) in [6.45, 7) is 0. The summed E-state index contributed by atoms with van der Waals surface area (Å²) in [5, 5.41) is 11.7. The number of nitrogens with zero attached hydrogens (tertiary/aromatic N) is 2. The Labute approximate surface area is 116 Å². The summed E-state index contributed by atoms with van der Waals surface area (Å²) in [5.74, 6) is -8.66. The molecule has 2 aromatic rings. The van der Waals surface area contributed by atoms with Crippen LogP contribution >= 0.6 is 0 Å². The lowest BCUT2D eigenvalue weighted by Gasteiger charge is -2.05. The Hall–Kier alpha value is -2.88. The molecule has 0 bridgehead atoms. The van der Waals surface area contributed by atoms with Gasteiger partial charge in [0.15, 0.2) is 11.6 Å². The smallest absolute Gasteiger partial charge is 0.235 e. The van der Waals surface area contributed by atoms with Crippen molar-refractivity contribution in [2.45, 2.75) is 0 Å². The first-order chi connectivity index (χ1) is 10.1. The number of hydrogen-bond donors (Lipinski definition) is 0.